The fourth-order valence-electron chi connectivity index (χ4n) is 4.10. The number of carbonyl (C=O) groups is 1. The minimum absolute atomic E-state index is 0.115. The first-order chi connectivity index (χ1) is 8.77. The molecule has 110 valence electrons. The van der Waals surface area contributed by atoms with Gasteiger partial charge in [-0.3, -0.25) is 0 Å². The molecule has 0 amide bonds. The maximum atomic E-state index is 11.7. The van der Waals surface area contributed by atoms with E-state index >= 15 is 0 Å². The first-order valence-corrected chi connectivity index (χ1v) is 9.99. The molecule has 0 aromatic carbocycles. The summed E-state index contributed by atoms with van der Waals surface area (Å²) in [6, 6.07) is 1.24. The molecule has 0 spiro atoms. The molecular weight excluding hydrogens is 252 g/mol. The van der Waals surface area contributed by atoms with Crippen molar-refractivity contribution in [3.05, 3.63) is 11.6 Å². The molecule has 19 heavy (non-hydrogen) atoms. The molecule has 0 saturated heterocycles. The van der Waals surface area contributed by atoms with Crippen molar-refractivity contribution in [2.24, 2.45) is 5.92 Å². The van der Waals surface area contributed by atoms with Gasteiger partial charge in [-0.25, -0.2) is 4.79 Å². The molecule has 0 saturated carbocycles. The van der Waals surface area contributed by atoms with E-state index in [2.05, 4.69) is 47.6 Å². The van der Waals surface area contributed by atoms with Gasteiger partial charge in [-0.15, -0.1) is 0 Å². The second kappa shape index (κ2) is 6.25. The largest absolute Gasteiger partial charge is 0.466 e. The molecule has 0 aromatic heterocycles. The van der Waals surface area contributed by atoms with Gasteiger partial charge in [0.05, 0.1) is 15.2 Å². The van der Waals surface area contributed by atoms with Crippen LogP contribution in [0.25, 0.3) is 0 Å². The highest BCUT2D eigenvalue weighted by Crippen LogP contribution is 2.49. The number of ether oxygens (including phenoxy) is 1. The van der Waals surface area contributed by atoms with E-state index in [4.69, 9.17) is 4.74 Å². The number of allylic oxidation sites excluding steroid dienone is 1. The number of methoxy groups -OCH3 is 1. The van der Waals surface area contributed by atoms with Gasteiger partial charge >= 0.3 is 5.97 Å². The average molecular weight is 283 g/mol. The minimum Gasteiger partial charge on any atom is -0.466 e. The summed E-state index contributed by atoms with van der Waals surface area (Å²) < 4.78 is 4.89. The molecule has 0 aliphatic heterocycles. The zero-order chi connectivity index (χ0) is 14.8. The summed E-state index contributed by atoms with van der Waals surface area (Å²) in [7, 11) is 0.0733. The number of esters is 1. The van der Waals surface area contributed by atoms with E-state index in [0.717, 1.165) is 28.6 Å². The topological polar surface area (TPSA) is 26.3 Å². The molecule has 0 aromatic rings. The lowest BCUT2D eigenvalue weighted by atomic mass is 9.86. The van der Waals surface area contributed by atoms with E-state index in [9.17, 15) is 4.79 Å². The Labute approximate surface area is 119 Å². The number of carbonyl (C=O) groups excluding carboxylic acids is 1. The van der Waals surface area contributed by atoms with E-state index in [1.165, 1.54) is 13.2 Å². The quantitative estimate of drug-likeness (QED) is 0.517. The maximum absolute atomic E-state index is 11.7. The molecule has 1 aliphatic carbocycles. The number of rotatable bonds is 6. The van der Waals surface area contributed by atoms with Crippen molar-refractivity contribution in [2.45, 2.75) is 70.6 Å². The highest BCUT2D eigenvalue weighted by atomic mass is 28.3. The summed E-state index contributed by atoms with van der Waals surface area (Å²) in [5.74, 6) is 0.335. The third-order valence-corrected chi connectivity index (χ3v) is 13.0. The predicted molar refractivity (Wildman–Crippen MR) is 84.1 cm³/mol. The lowest BCUT2D eigenvalue weighted by molar-refractivity contribution is -0.137. The Morgan fingerprint density at radius 1 is 1.21 bits per heavy atom. The van der Waals surface area contributed by atoms with Gasteiger partial charge < -0.3 is 4.74 Å². The predicted octanol–water partition coefficient (Wildman–Crippen LogP) is 4.78. The highest BCUT2D eigenvalue weighted by Gasteiger charge is 2.46. The van der Waals surface area contributed by atoms with Crippen molar-refractivity contribution in [2.75, 3.05) is 7.11 Å². The fourth-order valence-corrected chi connectivity index (χ4v) is 10.8. The molecule has 1 rings (SSSR count). The zero-order valence-corrected chi connectivity index (χ0v) is 14.6. The summed E-state index contributed by atoms with van der Waals surface area (Å²) in [5, 5.41) is 0. The van der Waals surface area contributed by atoms with Crippen LogP contribution in [0.15, 0.2) is 11.6 Å². The van der Waals surface area contributed by atoms with Crippen molar-refractivity contribution in [1.82, 2.24) is 0 Å². The van der Waals surface area contributed by atoms with Crippen LogP contribution in [-0.2, 0) is 9.53 Å². The standard InChI is InChI=1S/C16H30O2Si/c1-11(2)19(12(3)4,13(5)6)10-14-8-9-15(14)16(17)18-7/h9,11-14H,8,10H2,1-7H3. The minimum atomic E-state index is -1.41. The van der Waals surface area contributed by atoms with Crippen molar-refractivity contribution in [1.29, 1.82) is 0 Å². The summed E-state index contributed by atoms with van der Waals surface area (Å²) in [5.41, 5.74) is 3.20. The van der Waals surface area contributed by atoms with E-state index in [0.29, 0.717) is 5.92 Å². The van der Waals surface area contributed by atoms with Gasteiger partial charge in [0.1, 0.15) is 0 Å². The van der Waals surface area contributed by atoms with Gasteiger partial charge in [-0.05, 0) is 18.4 Å². The van der Waals surface area contributed by atoms with E-state index in [1.54, 1.807) is 0 Å². The molecule has 1 unspecified atom stereocenters. The van der Waals surface area contributed by atoms with Gasteiger partial charge in [0.2, 0.25) is 0 Å². The first-order valence-electron chi connectivity index (χ1n) is 7.55. The third-order valence-electron chi connectivity index (χ3n) is 5.31. The van der Waals surface area contributed by atoms with Crippen molar-refractivity contribution < 1.29 is 9.53 Å². The van der Waals surface area contributed by atoms with Crippen molar-refractivity contribution in [3.8, 4) is 0 Å². The van der Waals surface area contributed by atoms with E-state index in [1.807, 2.05) is 0 Å². The SMILES string of the molecule is COC(=O)C1=CCC1C[Si](C(C)C)(C(C)C)C(C)C. The van der Waals surface area contributed by atoms with E-state index < -0.39 is 8.07 Å². The van der Waals surface area contributed by atoms with Gasteiger partial charge in [0.15, 0.2) is 0 Å². The lowest BCUT2D eigenvalue weighted by Gasteiger charge is -2.46. The van der Waals surface area contributed by atoms with Crippen molar-refractivity contribution in [3.63, 3.8) is 0 Å². The summed E-state index contributed by atoms with van der Waals surface area (Å²) in [6.45, 7) is 14.3. The van der Waals surface area contributed by atoms with Crippen LogP contribution in [0.1, 0.15) is 48.0 Å². The van der Waals surface area contributed by atoms with Crippen LogP contribution in [0.4, 0.5) is 0 Å². The third kappa shape index (κ3) is 2.96. The fraction of sp³-hybridized carbons (Fsp3) is 0.812. The van der Waals surface area contributed by atoms with Crippen LogP contribution < -0.4 is 0 Å². The Bertz CT molecular complexity index is 334. The van der Waals surface area contributed by atoms with Gasteiger partial charge in [0.25, 0.3) is 0 Å². The lowest BCUT2D eigenvalue weighted by Crippen LogP contribution is -2.47. The summed E-state index contributed by atoms with van der Waals surface area (Å²) in [6.07, 6.45) is 3.11. The molecule has 0 bridgehead atoms. The number of hydrogen-bond acceptors (Lipinski definition) is 2. The molecular formula is C16H30O2Si. The Morgan fingerprint density at radius 2 is 1.68 bits per heavy atom. The van der Waals surface area contributed by atoms with Gasteiger partial charge in [0, 0.05) is 5.57 Å². The van der Waals surface area contributed by atoms with Crippen LogP contribution in [0.3, 0.4) is 0 Å². The Balaban J connectivity index is 2.92. The normalized spacial score (nSPS) is 19.7. The smallest absolute Gasteiger partial charge is 0.333 e. The molecule has 2 nitrogen and oxygen atoms in total. The molecule has 0 heterocycles. The van der Waals surface area contributed by atoms with E-state index in [-0.39, 0.29) is 5.97 Å². The first kappa shape index (κ1) is 16.5. The maximum Gasteiger partial charge on any atom is 0.333 e. The Morgan fingerprint density at radius 3 is 1.95 bits per heavy atom. The van der Waals surface area contributed by atoms with Gasteiger partial charge in [-0.2, -0.15) is 0 Å². The summed E-state index contributed by atoms with van der Waals surface area (Å²) in [4.78, 5) is 11.7. The van der Waals surface area contributed by atoms with Crippen molar-refractivity contribution >= 4 is 14.0 Å². The molecule has 1 aliphatic rings. The van der Waals surface area contributed by atoms with Crippen LogP contribution in [0, 0.1) is 5.92 Å². The molecule has 0 radical (unpaired) electrons. The summed E-state index contributed by atoms with van der Waals surface area (Å²) >= 11 is 0. The average Bonchev–Trinajstić information content (AvgIpc) is 2.26. The highest BCUT2D eigenvalue weighted by molar-refractivity contribution is 6.83. The molecule has 1 atom stereocenters. The molecule has 3 heteroatoms. The molecule has 0 N–H and O–H groups in total. The van der Waals surface area contributed by atoms with Crippen LogP contribution in [-0.4, -0.2) is 21.2 Å². The second-order valence-electron chi connectivity index (χ2n) is 6.86. The Kier molecular flexibility index (Phi) is 5.42. The van der Waals surface area contributed by atoms with Crippen LogP contribution >= 0.6 is 0 Å². The Hall–Kier alpha value is -0.573. The number of hydrogen-bond donors (Lipinski definition) is 0. The molecule has 0 fully saturated rings. The monoisotopic (exact) mass is 282 g/mol. The van der Waals surface area contributed by atoms with Gasteiger partial charge in [-0.1, -0.05) is 64.2 Å². The second-order valence-corrected chi connectivity index (χ2v) is 13.0. The van der Waals surface area contributed by atoms with Crippen LogP contribution in [0.2, 0.25) is 22.7 Å². The zero-order valence-electron chi connectivity index (χ0n) is 13.6. The van der Waals surface area contributed by atoms with Crippen LogP contribution in [0.5, 0.6) is 0 Å².